The van der Waals surface area contributed by atoms with E-state index < -0.39 is 0 Å². The zero-order valence-corrected chi connectivity index (χ0v) is 13.1. The number of hydrogen-bond donors (Lipinski definition) is 1. The molecule has 1 unspecified atom stereocenters. The number of carbonyl (C=O) groups excluding carboxylic acids is 1. The van der Waals surface area contributed by atoms with Crippen LogP contribution in [-0.2, 0) is 0 Å². The van der Waals surface area contributed by atoms with Crippen molar-refractivity contribution in [2.45, 2.75) is 13.0 Å². The number of amides is 2. The highest BCUT2D eigenvalue weighted by atomic mass is 16.2. The zero-order valence-electron chi connectivity index (χ0n) is 13.1. The molecule has 0 spiro atoms. The Morgan fingerprint density at radius 2 is 1.83 bits per heavy atom. The highest BCUT2D eigenvalue weighted by Gasteiger charge is 2.24. The van der Waals surface area contributed by atoms with Crippen molar-refractivity contribution in [1.82, 2.24) is 24.8 Å². The van der Waals surface area contributed by atoms with Gasteiger partial charge in [0.15, 0.2) is 5.82 Å². The molecule has 0 bridgehead atoms. The van der Waals surface area contributed by atoms with Gasteiger partial charge in [-0.25, -0.2) is 9.78 Å². The molecule has 1 atom stereocenters. The van der Waals surface area contributed by atoms with Crippen LogP contribution in [0.25, 0.3) is 0 Å². The molecule has 0 radical (unpaired) electrons. The topological polar surface area (TPSA) is 74.2 Å². The molecule has 3 heterocycles. The molecular weight excluding hydrogens is 292 g/mol. The van der Waals surface area contributed by atoms with Crippen molar-refractivity contribution in [3.63, 3.8) is 0 Å². The predicted octanol–water partition coefficient (Wildman–Crippen LogP) is 1.78. The van der Waals surface area contributed by atoms with Crippen LogP contribution in [0.5, 0.6) is 0 Å². The maximum absolute atomic E-state index is 12.2. The SMILES string of the molecule is CC(c1ccncc1)N1CCN(C(=O)Nc2cnccn2)CC1. The van der Waals surface area contributed by atoms with Crippen molar-refractivity contribution in [3.05, 3.63) is 48.7 Å². The second kappa shape index (κ2) is 7.15. The van der Waals surface area contributed by atoms with Crippen molar-refractivity contribution in [2.24, 2.45) is 0 Å². The number of nitrogens with one attached hydrogen (secondary N) is 1. The van der Waals surface area contributed by atoms with Gasteiger partial charge in [-0.15, -0.1) is 0 Å². The van der Waals surface area contributed by atoms with E-state index in [1.807, 2.05) is 29.4 Å². The van der Waals surface area contributed by atoms with Crippen molar-refractivity contribution in [2.75, 3.05) is 31.5 Å². The lowest BCUT2D eigenvalue weighted by Crippen LogP contribution is -2.50. The molecule has 1 N–H and O–H groups in total. The maximum Gasteiger partial charge on any atom is 0.323 e. The molecule has 0 aromatic carbocycles. The quantitative estimate of drug-likeness (QED) is 0.935. The van der Waals surface area contributed by atoms with E-state index in [4.69, 9.17) is 0 Å². The summed E-state index contributed by atoms with van der Waals surface area (Å²) in [5.74, 6) is 0.477. The Bertz CT molecular complexity index is 628. The minimum absolute atomic E-state index is 0.123. The summed E-state index contributed by atoms with van der Waals surface area (Å²) in [6.45, 7) is 5.27. The van der Waals surface area contributed by atoms with Crippen LogP contribution in [-0.4, -0.2) is 57.0 Å². The Labute approximate surface area is 135 Å². The minimum Gasteiger partial charge on any atom is -0.322 e. The Morgan fingerprint density at radius 3 is 2.48 bits per heavy atom. The van der Waals surface area contributed by atoms with Crippen molar-refractivity contribution in [3.8, 4) is 0 Å². The molecule has 7 heteroatoms. The Balaban J connectivity index is 1.53. The van der Waals surface area contributed by atoms with E-state index in [9.17, 15) is 4.79 Å². The summed E-state index contributed by atoms with van der Waals surface area (Å²) in [6, 6.07) is 4.28. The first-order valence-electron chi connectivity index (χ1n) is 7.70. The molecule has 2 aromatic rings. The monoisotopic (exact) mass is 312 g/mol. The molecule has 2 aromatic heterocycles. The van der Waals surface area contributed by atoms with Gasteiger partial charge in [0.2, 0.25) is 0 Å². The lowest BCUT2D eigenvalue weighted by molar-refractivity contribution is 0.119. The standard InChI is InChI=1S/C16H20N6O/c1-13(14-2-4-17-5-3-14)21-8-10-22(11-9-21)16(23)20-15-12-18-6-7-19-15/h2-7,12-13H,8-11H2,1H3,(H,19,20,23). The van der Waals surface area contributed by atoms with Crippen LogP contribution in [0.3, 0.4) is 0 Å². The smallest absolute Gasteiger partial charge is 0.322 e. The summed E-state index contributed by atoms with van der Waals surface area (Å²) >= 11 is 0. The van der Waals surface area contributed by atoms with Gasteiger partial charge < -0.3 is 4.90 Å². The number of nitrogens with zero attached hydrogens (tertiary/aromatic N) is 5. The van der Waals surface area contributed by atoms with Gasteiger partial charge in [0, 0.05) is 57.0 Å². The molecular formula is C16H20N6O. The zero-order chi connectivity index (χ0) is 16.1. The summed E-state index contributed by atoms with van der Waals surface area (Å²) in [5, 5.41) is 2.77. The molecule has 3 rings (SSSR count). The van der Waals surface area contributed by atoms with Gasteiger partial charge in [0.25, 0.3) is 0 Å². The molecule has 0 aliphatic carbocycles. The van der Waals surface area contributed by atoms with E-state index >= 15 is 0 Å². The molecule has 7 nitrogen and oxygen atoms in total. The van der Waals surface area contributed by atoms with E-state index in [-0.39, 0.29) is 6.03 Å². The van der Waals surface area contributed by atoms with E-state index in [1.54, 1.807) is 18.6 Å². The van der Waals surface area contributed by atoms with Gasteiger partial charge in [-0.2, -0.15) is 0 Å². The summed E-state index contributed by atoms with van der Waals surface area (Å²) in [4.78, 5) is 28.5. The number of urea groups is 1. The number of rotatable bonds is 3. The molecule has 23 heavy (non-hydrogen) atoms. The Morgan fingerprint density at radius 1 is 1.09 bits per heavy atom. The van der Waals surface area contributed by atoms with E-state index in [0.29, 0.717) is 24.9 Å². The van der Waals surface area contributed by atoms with Crippen molar-refractivity contribution in [1.29, 1.82) is 0 Å². The van der Waals surface area contributed by atoms with Gasteiger partial charge in [0.05, 0.1) is 6.20 Å². The molecule has 1 saturated heterocycles. The number of pyridine rings is 1. The molecule has 2 amide bonds. The van der Waals surface area contributed by atoms with E-state index in [1.165, 1.54) is 5.56 Å². The van der Waals surface area contributed by atoms with E-state index in [2.05, 4.69) is 32.1 Å². The highest BCUT2D eigenvalue weighted by molar-refractivity contribution is 5.88. The molecule has 0 saturated carbocycles. The van der Waals surface area contributed by atoms with Crippen LogP contribution >= 0.6 is 0 Å². The Kier molecular flexibility index (Phi) is 4.77. The number of piperazine rings is 1. The van der Waals surface area contributed by atoms with Gasteiger partial charge in [0.1, 0.15) is 0 Å². The minimum atomic E-state index is -0.123. The summed E-state index contributed by atoms with van der Waals surface area (Å²) in [5.41, 5.74) is 1.25. The van der Waals surface area contributed by atoms with Gasteiger partial charge in [-0.1, -0.05) is 0 Å². The van der Waals surface area contributed by atoms with Crippen LogP contribution in [0.2, 0.25) is 0 Å². The van der Waals surface area contributed by atoms with Crippen molar-refractivity contribution < 1.29 is 4.79 Å². The molecule has 1 aliphatic rings. The number of anilines is 1. The Hall–Kier alpha value is -2.54. The fourth-order valence-electron chi connectivity index (χ4n) is 2.72. The summed E-state index contributed by atoms with van der Waals surface area (Å²) in [6.07, 6.45) is 8.31. The third-order valence-electron chi connectivity index (χ3n) is 4.14. The fourth-order valence-corrected chi connectivity index (χ4v) is 2.72. The number of carbonyl (C=O) groups is 1. The second-order valence-electron chi connectivity index (χ2n) is 5.50. The summed E-state index contributed by atoms with van der Waals surface area (Å²) in [7, 11) is 0. The molecule has 1 fully saturated rings. The van der Waals surface area contributed by atoms with Crippen molar-refractivity contribution >= 4 is 11.8 Å². The maximum atomic E-state index is 12.2. The van der Waals surface area contributed by atoms with Crippen LogP contribution in [0, 0.1) is 0 Å². The van der Waals surface area contributed by atoms with Gasteiger partial charge in [-0.05, 0) is 24.6 Å². The van der Waals surface area contributed by atoms with Gasteiger partial charge >= 0.3 is 6.03 Å². The molecule has 1 aliphatic heterocycles. The largest absolute Gasteiger partial charge is 0.323 e. The van der Waals surface area contributed by atoms with Crippen LogP contribution in [0.1, 0.15) is 18.5 Å². The number of aromatic nitrogens is 3. The predicted molar refractivity (Wildman–Crippen MR) is 86.8 cm³/mol. The average Bonchev–Trinajstić information content (AvgIpc) is 2.63. The van der Waals surface area contributed by atoms with Crippen LogP contribution < -0.4 is 5.32 Å². The third kappa shape index (κ3) is 3.81. The first-order valence-corrected chi connectivity index (χ1v) is 7.70. The van der Waals surface area contributed by atoms with Gasteiger partial charge in [-0.3, -0.25) is 20.2 Å². The van der Waals surface area contributed by atoms with E-state index in [0.717, 1.165) is 13.1 Å². The highest BCUT2D eigenvalue weighted by Crippen LogP contribution is 2.21. The van der Waals surface area contributed by atoms with Crippen LogP contribution in [0.4, 0.5) is 10.6 Å². The normalized spacial score (nSPS) is 16.8. The average molecular weight is 312 g/mol. The first kappa shape index (κ1) is 15.4. The summed E-state index contributed by atoms with van der Waals surface area (Å²) < 4.78 is 0. The van der Waals surface area contributed by atoms with Crippen LogP contribution in [0.15, 0.2) is 43.1 Å². The first-order chi connectivity index (χ1) is 11.2. The fraction of sp³-hybridized carbons (Fsp3) is 0.375. The number of hydrogen-bond acceptors (Lipinski definition) is 5. The lowest BCUT2D eigenvalue weighted by atomic mass is 10.1. The molecule has 120 valence electrons. The lowest BCUT2D eigenvalue weighted by Gasteiger charge is -2.38. The second-order valence-corrected chi connectivity index (χ2v) is 5.50. The third-order valence-corrected chi connectivity index (χ3v) is 4.14.